The first-order chi connectivity index (χ1) is 20.9. The van der Waals surface area contributed by atoms with Crippen molar-refractivity contribution in [3.05, 3.63) is 92.4 Å². The van der Waals surface area contributed by atoms with Crippen LogP contribution in [0.5, 0.6) is 0 Å². The van der Waals surface area contributed by atoms with Gasteiger partial charge in [0.2, 0.25) is 11.8 Å². The summed E-state index contributed by atoms with van der Waals surface area (Å²) in [6, 6.07) is 15.2. The molecule has 3 aromatic rings. The molecule has 3 aromatic carbocycles. The molecule has 1 saturated carbocycles. The standard InChI is InChI=1S/C33H38Cl3N3O4S/c1-4-31(33(41)37-27-8-6-5-7-9-27)38(20-24-11-12-26(35)19-30(24)36)32(40)21-39(28-15-10-22(2)23(3)18-28)44(42,43)29-16-13-25(34)14-17-29/h10-19,27,31H,4-9,20-21H2,1-3H3,(H,37,41)/t31-/m0/s1. The van der Waals surface area contributed by atoms with Crippen LogP contribution in [-0.2, 0) is 26.2 Å². The maximum atomic E-state index is 14.3. The van der Waals surface area contributed by atoms with E-state index in [1.807, 2.05) is 26.8 Å². The van der Waals surface area contributed by atoms with E-state index >= 15 is 0 Å². The van der Waals surface area contributed by atoms with Crippen LogP contribution in [0.2, 0.25) is 15.1 Å². The molecule has 0 spiro atoms. The Morgan fingerprint density at radius 3 is 2.16 bits per heavy atom. The van der Waals surface area contributed by atoms with Crippen LogP contribution in [0.3, 0.4) is 0 Å². The topological polar surface area (TPSA) is 86.8 Å². The average Bonchev–Trinajstić information content (AvgIpc) is 2.99. The van der Waals surface area contributed by atoms with Gasteiger partial charge in [-0.1, -0.05) is 73.1 Å². The number of anilines is 1. The summed E-state index contributed by atoms with van der Waals surface area (Å²) in [6.45, 7) is 5.10. The molecule has 1 N–H and O–H groups in total. The first-order valence-corrected chi connectivity index (χ1v) is 17.4. The summed E-state index contributed by atoms with van der Waals surface area (Å²) in [7, 11) is -4.21. The van der Waals surface area contributed by atoms with Gasteiger partial charge in [0.05, 0.1) is 10.6 Å². The number of hydrogen-bond acceptors (Lipinski definition) is 4. The number of halogens is 3. The van der Waals surface area contributed by atoms with Crippen molar-refractivity contribution in [3.8, 4) is 0 Å². The molecule has 0 radical (unpaired) electrons. The molecule has 1 atom stereocenters. The van der Waals surface area contributed by atoms with Gasteiger partial charge in [0.25, 0.3) is 10.0 Å². The Hall–Kier alpha value is -2.78. The average molecular weight is 679 g/mol. The van der Waals surface area contributed by atoms with E-state index in [0.29, 0.717) is 32.7 Å². The number of carbonyl (C=O) groups is 2. The minimum atomic E-state index is -4.21. The molecule has 0 bridgehead atoms. The molecule has 0 heterocycles. The van der Waals surface area contributed by atoms with Crippen molar-refractivity contribution in [1.29, 1.82) is 0 Å². The van der Waals surface area contributed by atoms with E-state index in [2.05, 4.69) is 5.32 Å². The smallest absolute Gasteiger partial charge is 0.264 e. The van der Waals surface area contributed by atoms with Crippen molar-refractivity contribution in [1.82, 2.24) is 10.2 Å². The van der Waals surface area contributed by atoms with Gasteiger partial charge in [-0.2, -0.15) is 0 Å². The lowest BCUT2D eigenvalue weighted by Crippen LogP contribution is -2.54. The third kappa shape index (κ3) is 8.27. The summed E-state index contributed by atoms with van der Waals surface area (Å²) in [4.78, 5) is 29.5. The fourth-order valence-electron chi connectivity index (χ4n) is 5.44. The first kappa shape index (κ1) is 34.1. The number of benzene rings is 3. The van der Waals surface area contributed by atoms with Crippen LogP contribution in [0.25, 0.3) is 0 Å². The third-order valence-electron chi connectivity index (χ3n) is 8.15. The molecule has 7 nitrogen and oxygen atoms in total. The number of nitrogens with one attached hydrogen (secondary N) is 1. The predicted molar refractivity (Wildman–Crippen MR) is 178 cm³/mol. The Bertz CT molecular complexity index is 1590. The maximum Gasteiger partial charge on any atom is 0.264 e. The second-order valence-electron chi connectivity index (χ2n) is 11.3. The summed E-state index contributed by atoms with van der Waals surface area (Å²) < 4.78 is 29.3. The molecular formula is C33H38Cl3N3O4S. The molecule has 2 amide bonds. The van der Waals surface area contributed by atoms with E-state index in [0.717, 1.165) is 47.5 Å². The molecule has 0 unspecified atom stereocenters. The normalized spacial score (nSPS) is 14.6. The molecule has 0 aliphatic heterocycles. The molecule has 44 heavy (non-hydrogen) atoms. The Morgan fingerprint density at radius 1 is 0.886 bits per heavy atom. The lowest BCUT2D eigenvalue weighted by atomic mass is 9.95. The zero-order chi connectivity index (χ0) is 32.0. The van der Waals surface area contributed by atoms with Crippen LogP contribution < -0.4 is 9.62 Å². The second-order valence-corrected chi connectivity index (χ2v) is 14.4. The molecule has 1 aliphatic rings. The van der Waals surface area contributed by atoms with Crippen molar-refractivity contribution in [3.63, 3.8) is 0 Å². The van der Waals surface area contributed by atoms with Crippen LogP contribution in [0.15, 0.2) is 65.6 Å². The quantitative estimate of drug-likeness (QED) is 0.225. The van der Waals surface area contributed by atoms with Crippen molar-refractivity contribution in [2.24, 2.45) is 0 Å². The van der Waals surface area contributed by atoms with Gasteiger partial charge in [-0.25, -0.2) is 8.42 Å². The van der Waals surface area contributed by atoms with Gasteiger partial charge in [-0.15, -0.1) is 0 Å². The van der Waals surface area contributed by atoms with Crippen LogP contribution in [0, 0.1) is 13.8 Å². The molecule has 11 heteroatoms. The number of aryl methyl sites for hydroxylation is 2. The van der Waals surface area contributed by atoms with E-state index in [4.69, 9.17) is 34.8 Å². The van der Waals surface area contributed by atoms with Gasteiger partial charge in [0, 0.05) is 27.7 Å². The van der Waals surface area contributed by atoms with Gasteiger partial charge in [-0.05, 0) is 98.3 Å². The molecule has 1 aliphatic carbocycles. The highest BCUT2D eigenvalue weighted by atomic mass is 35.5. The summed E-state index contributed by atoms with van der Waals surface area (Å²) in [6.07, 6.45) is 5.32. The van der Waals surface area contributed by atoms with Crippen molar-refractivity contribution in [2.75, 3.05) is 10.8 Å². The Morgan fingerprint density at radius 2 is 1.55 bits per heavy atom. The molecule has 1 fully saturated rings. The third-order valence-corrected chi connectivity index (χ3v) is 10.8. The number of carbonyl (C=O) groups excluding carboxylic acids is 2. The second kappa shape index (κ2) is 15.0. The maximum absolute atomic E-state index is 14.3. The summed E-state index contributed by atoms with van der Waals surface area (Å²) >= 11 is 18.7. The SMILES string of the molecule is CC[C@@H](C(=O)NC1CCCCC1)N(Cc1ccc(Cl)cc1Cl)C(=O)CN(c1ccc(C)c(C)c1)S(=O)(=O)c1ccc(Cl)cc1. The Kier molecular flexibility index (Phi) is 11.6. The summed E-state index contributed by atoms with van der Waals surface area (Å²) in [5.41, 5.74) is 2.77. The van der Waals surface area contributed by atoms with Crippen molar-refractivity contribution < 1.29 is 18.0 Å². The number of rotatable bonds is 11. The number of hydrogen-bond donors (Lipinski definition) is 1. The molecule has 4 rings (SSSR count). The van der Waals surface area contributed by atoms with Crippen LogP contribution in [0.4, 0.5) is 5.69 Å². The molecule has 236 valence electrons. The number of nitrogens with zero attached hydrogens (tertiary/aromatic N) is 2. The van der Waals surface area contributed by atoms with Gasteiger partial charge in [-0.3, -0.25) is 13.9 Å². The predicted octanol–water partition coefficient (Wildman–Crippen LogP) is 7.72. The van der Waals surface area contributed by atoms with Gasteiger partial charge >= 0.3 is 0 Å². The van der Waals surface area contributed by atoms with Crippen LogP contribution in [-0.4, -0.2) is 43.8 Å². The Labute approximate surface area is 275 Å². The van der Waals surface area contributed by atoms with Crippen LogP contribution in [0.1, 0.15) is 62.1 Å². The minimum Gasteiger partial charge on any atom is -0.352 e. The fourth-order valence-corrected chi connectivity index (χ4v) is 7.44. The first-order valence-electron chi connectivity index (χ1n) is 14.8. The monoisotopic (exact) mass is 677 g/mol. The van der Waals surface area contributed by atoms with E-state index in [1.54, 1.807) is 30.3 Å². The molecular weight excluding hydrogens is 641 g/mol. The summed E-state index contributed by atoms with van der Waals surface area (Å²) in [5, 5.41) is 4.31. The Balaban J connectivity index is 1.74. The zero-order valence-electron chi connectivity index (χ0n) is 25.2. The highest BCUT2D eigenvalue weighted by Crippen LogP contribution is 2.29. The molecule has 0 saturated heterocycles. The van der Waals surface area contributed by atoms with Gasteiger partial charge in [0.15, 0.2) is 0 Å². The van der Waals surface area contributed by atoms with Crippen LogP contribution >= 0.6 is 34.8 Å². The van der Waals surface area contributed by atoms with Crippen molar-refractivity contribution in [2.45, 2.75) is 82.8 Å². The van der Waals surface area contributed by atoms with Gasteiger partial charge in [0.1, 0.15) is 12.6 Å². The fraction of sp³-hybridized carbons (Fsp3) is 0.394. The summed E-state index contributed by atoms with van der Waals surface area (Å²) in [5.74, 6) is -0.812. The van der Waals surface area contributed by atoms with E-state index in [9.17, 15) is 18.0 Å². The molecule has 0 aromatic heterocycles. The van der Waals surface area contributed by atoms with E-state index in [-0.39, 0.29) is 23.4 Å². The lowest BCUT2D eigenvalue weighted by Gasteiger charge is -2.34. The number of amides is 2. The highest BCUT2D eigenvalue weighted by molar-refractivity contribution is 7.92. The van der Waals surface area contributed by atoms with Gasteiger partial charge < -0.3 is 10.2 Å². The lowest BCUT2D eigenvalue weighted by molar-refractivity contribution is -0.140. The largest absolute Gasteiger partial charge is 0.352 e. The zero-order valence-corrected chi connectivity index (χ0v) is 28.2. The number of sulfonamides is 1. The van der Waals surface area contributed by atoms with Crippen molar-refractivity contribution >= 4 is 62.3 Å². The highest BCUT2D eigenvalue weighted by Gasteiger charge is 2.35. The van der Waals surface area contributed by atoms with E-state index < -0.39 is 28.5 Å². The van der Waals surface area contributed by atoms with E-state index in [1.165, 1.54) is 29.2 Å². The minimum absolute atomic E-state index is 0.00676.